The summed E-state index contributed by atoms with van der Waals surface area (Å²) in [7, 11) is 3.09. The van der Waals surface area contributed by atoms with Crippen LogP contribution < -0.4 is 5.32 Å². The Morgan fingerprint density at radius 3 is 2.65 bits per heavy atom. The number of likely N-dealkylation sites (N-methyl/N-ethyl adjacent to an activating group) is 1. The molecule has 0 radical (unpaired) electrons. The molecule has 5 nitrogen and oxygen atoms in total. The van der Waals surface area contributed by atoms with Crippen LogP contribution in [0.5, 0.6) is 0 Å². The molecule has 0 aromatic rings. The third-order valence-corrected chi connectivity index (χ3v) is 3.33. The van der Waals surface area contributed by atoms with Gasteiger partial charge in [0.1, 0.15) is 0 Å². The van der Waals surface area contributed by atoms with Crippen molar-refractivity contribution in [3.63, 3.8) is 0 Å². The summed E-state index contributed by atoms with van der Waals surface area (Å²) in [4.78, 5) is 25.0. The van der Waals surface area contributed by atoms with Crippen molar-refractivity contribution in [2.24, 2.45) is 11.8 Å². The topological polar surface area (TPSA) is 58.6 Å². The molecule has 0 bridgehead atoms. The molecule has 0 spiro atoms. The number of nitrogens with zero attached hydrogens (tertiary/aromatic N) is 1. The molecule has 98 valence electrons. The van der Waals surface area contributed by atoms with E-state index in [1.807, 2.05) is 0 Å². The maximum Gasteiger partial charge on any atom is 0.310 e. The Morgan fingerprint density at radius 1 is 1.53 bits per heavy atom. The second kappa shape index (κ2) is 6.00. The van der Waals surface area contributed by atoms with Crippen molar-refractivity contribution >= 4 is 11.9 Å². The summed E-state index contributed by atoms with van der Waals surface area (Å²) >= 11 is 0. The number of methoxy groups -OCH3 is 1. The molecule has 1 N–H and O–H groups in total. The maximum absolute atomic E-state index is 12.1. The highest BCUT2D eigenvalue weighted by Gasteiger charge is 2.32. The molecule has 3 unspecified atom stereocenters. The van der Waals surface area contributed by atoms with Gasteiger partial charge in [-0.2, -0.15) is 0 Å². The van der Waals surface area contributed by atoms with Gasteiger partial charge < -0.3 is 15.0 Å². The van der Waals surface area contributed by atoms with Gasteiger partial charge in [0.2, 0.25) is 5.91 Å². The minimum atomic E-state index is -0.286. The van der Waals surface area contributed by atoms with E-state index in [4.69, 9.17) is 0 Å². The molecule has 0 aromatic carbocycles. The molecule has 3 atom stereocenters. The second-order valence-corrected chi connectivity index (χ2v) is 4.84. The highest BCUT2D eigenvalue weighted by Crippen LogP contribution is 2.16. The van der Waals surface area contributed by atoms with E-state index < -0.39 is 0 Å². The number of esters is 1. The zero-order chi connectivity index (χ0) is 13.0. The summed E-state index contributed by atoms with van der Waals surface area (Å²) in [5.74, 6) is -0.146. The predicted octanol–water partition coefficient (Wildman–Crippen LogP) is 0.252. The third kappa shape index (κ3) is 3.43. The lowest BCUT2D eigenvalue weighted by Gasteiger charge is -2.25. The number of carbonyl (C=O) groups is 2. The van der Waals surface area contributed by atoms with Gasteiger partial charge in [-0.15, -0.1) is 0 Å². The van der Waals surface area contributed by atoms with Crippen LogP contribution in [0.3, 0.4) is 0 Å². The molecule has 0 aromatic heterocycles. The van der Waals surface area contributed by atoms with E-state index in [1.54, 1.807) is 18.9 Å². The van der Waals surface area contributed by atoms with Crippen LogP contribution in [0.15, 0.2) is 0 Å². The number of hydrogen-bond acceptors (Lipinski definition) is 4. The summed E-state index contributed by atoms with van der Waals surface area (Å²) < 4.78 is 4.65. The Bertz CT molecular complexity index is 293. The number of amides is 1. The van der Waals surface area contributed by atoms with Crippen LogP contribution in [0, 0.1) is 11.8 Å². The Labute approximate surface area is 102 Å². The monoisotopic (exact) mass is 242 g/mol. The first-order valence-electron chi connectivity index (χ1n) is 6.03. The minimum Gasteiger partial charge on any atom is -0.469 e. The van der Waals surface area contributed by atoms with E-state index in [-0.39, 0.29) is 23.8 Å². The number of carbonyl (C=O) groups excluding carboxylic acids is 2. The third-order valence-electron chi connectivity index (χ3n) is 3.33. The SMILES string of the molecule is COC(=O)C(C)CN(C)C(=O)C1NCCC1C. The van der Waals surface area contributed by atoms with Crippen LogP contribution in [-0.4, -0.2) is 50.1 Å². The number of ether oxygens (including phenoxy) is 1. The van der Waals surface area contributed by atoms with Gasteiger partial charge in [0, 0.05) is 13.6 Å². The smallest absolute Gasteiger partial charge is 0.310 e. The van der Waals surface area contributed by atoms with Crippen LogP contribution in [0.2, 0.25) is 0 Å². The van der Waals surface area contributed by atoms with Crippen molar-refractivity contribution in [3.8, 4) is 0 Å². The fraction of sp³-hybridized carbons (Fsp3) is 0.833. The van der Waals surface area contributed by atoms with Gasteiger partial charge in [-0.25, -0.2) is 0 Å². The van der Waals surface area contributed by atoms with Crippen molar-refractivity contribution < 1.29 is 14.3 Å². The Kier molecular flexibility index (Phi) is 4.93. The van der Waals surface area contributed by atoms with E-state index in [9.17, 15) is 9.59 Å². The van der Waals surface area contributed by atoms with E-state index in [0.717, 1.165) is 13.0 Å². The van der Waals surface area contributed by atoms with Crippen LogP contribution in [0.4, 0.5) is 0 Å². The fourth-order valence-electron chi connectivity index (χ4n) is 2.18. The van der Waals surface area contributed by atoms with Gasteiger partial charge in [-0.1, -0.05) is 13.8 Å². The van der Waals surface area contributed by atoms with Gasteiger partial charge in [0.25, 0.3) is 0 Å². The maximum atomic E-state index is 12.1. The van der Waals surface area contributed by atoms with Gasteiger partial charge >= 0.3 is 5.97 Å². The highest BCUT2D eigenvalue weighted by atomic mass is 16.5. The van der Waals surface area contributed by atoms with Crippen molar-refractivity contribution in [3.05, 3.63) is 0 Å². The lowest BCUT2D eigenvalue weighted by Crippen LogP contribution is -2.46. The van der Waals surface area contributed by atoms with E-state index in [2.05, 4.69) is 17.0 Å². The average Bonchev–Trinajstić information content (AvgIpc) is 2.73. The normalized spacial score (nSPS) is 25.4. The van der Waals surface area contributed by atoms with Crippen LogP contribution in [0.25, 0.3) is 0 Å². The molecule has 1 saturated heterocycles. The molecule has 0 aliphatic carbocycles. The van der Waals surface area contributed by atoms with Gasteiger partial charge in [-0.05, 0) is 18.9 Å². The van der Waals surface area contributed by atoms with Crippen LogP contribution in [-0.2, 0) is 14.3 Å². The zero-order valence-corrected chi connectivity index (χ0v) is 11.0. The lowest BCUT2D eigenvalue weighted by molar-refractivity contribution is -0.146. The Morgan fingerprint density at radius 2 is 2.18 bits per heavy atom. The minimum absolute atomic E-state index is 0.0609. The van der Waals surface area contributed by atoms with E-state index in [0.29, 0.717) is 12.5 Å². The van der Waals surface area contributed by atoms with Crippen molar-refractivity contribution in [2.75, 3.05) is 27.2 Å². The summed E-state index contributed by atoms with van der Waals surface area (Å²) in [5.41, 5.74) is 0. The summed E-state index contributed by atoms with van der Waals surface area (Å²) in [6, 6.07) is -0.107. The Balaban J connectivity index is 2.49. The molecule has 1 heterocycles. The van der Waals surface area contributed by atoms with Crippen LogP contribution >= 0.6 is 0 Å². The van der Waals surface area contributed by atoms with Gasteiger partial charge in [0.05, 0.1) is 19.1 Å². The summed E-state index contributed by atoms with van der Waals surface area (Å²) in [6.07, 6.45) is 1.02. The quantitative estimate of drug-likeness (QED) is 0.718. The molecule has 1 rings (SSSR count). The van der Waals surface area contributed by atoms with E-state index >= 15 is 0 Å². The number of hydrogen-bond donors (Lipinski definition) is 1. The largest absolute Gasteiger partial charge is 0.469 e. The zero-order valence-electron chi connectivity index (χ0n) is 11.0. The first kappa shape index (κ1) is 14.0. The molecule has 5 heteroatoms. The average molecular weight is 242 g/mol. The van der Waals surface area contributed by atoms with Crippen molar-refractivity contribution in [2.45, 2.75) is 26.3 Å². The van der Waals surface area contributed by atoms with E-state index in [1.165, 1.54) is 7.11 Å². The number of nitrogens with one attached hydrogen (secondary N) is 1. The second-order valence-electron chi connectivity index (χ2n) is 4.84. The molecular formula is C12H22N2O3. The number of rotatable bonds is 4. The summed E-state index contributed by atoms with van der Waals surface area (Å²) in [6.45, 7) is 5.12. The molecule has 1 aliphatic rings. The predicted molar refractivity (Wildman–Crippen MR) is 64.4 cm³/mol. The van der Waals surface area contributed by atoms with Crippen LogP contribution in [0.1, 0.15) is 20.3 Å². The van der Waals surface area contributed by atoms with Gasteiger partial charge in [-0.3, -0.25) is 9.59 Å². The van der Waals surface area contributed by atoms with Gasteiger partial charge in [0.15, 0.2) is 0 Å². The molecule has 17 heavy (non-hydrogen) atoms. The fourth-order valence-corrected chi connectivity index (χ4v) is 2.18. The molecule has 1 fully saturated rings. The molecule has 1 aliphatic heterocycles. The first-order chi connectivity index (χ1) is 7.97. The Hall–Kier alpha value is -1.10. The van der Waals surface area contributed by atoms with Crippen molar-refractivity contribution in [1.29, 1.82) is 0 Å². The van der Waals surface area contributed by atoms with Crippen molar-refractivity contribution in [1.82, 2.24) is 10.2 Å². The lowest BCUT2D eigenvalue weighted by atomic mass is 10.0. The molecular weight excluding hydrogens is 220 g/mol. The highest BCUT2D eigenvalue weighted by molar-refractivity contribution is 5.83. The standard InChI is InChI=1S/C12H22N2O3/c1-8-5-6-13-10(8)11(15)14(3)7-9(2)12(16)17-4/h8-10,13H,5-7H2,1-4H3. The summed E-state index contributed by atoms with van der Waals surface area (Å²) in [5, 5.41) is 3.20. The first-order valence-corrected chi connectivity index (χ1v) is 6.03. The molecule has 1 amide bonds. The molecule has 0 saturated carbocycles.